The number of hydrogen-bond donors (Lipinski definition) is 0. The third-order valence-corrected chi connectivity index (χ3v) is 2.72. The van der Waals surface area contributed by atoms with E-state index in [1.54, 1.807) is 0 Å². The molecule has 1 aliphatic rings. The van der Waals surface area contributed by atoms with Gasteiger partial charge in [0.05, 0.1) is 6.54 Å². The number of aliphatic imine (C=N–C) groups is 1. The van der Waals surface area contributed by atoms with E-state index in [4.69, 9.17) is 9.47 Å². The molecule has 0 unspecified atom stereocenters. The van der Waals surface area contributed by atoms with E-state index < -0.39 is 0 Å². The van der Waals surface area contributed by atoms with Gasteiger partial charge in [0.1, 0.15) is 12.4 Å². The van der Waals surface area contributed by atoms with E-state index in [1.165, 1.54) is 5.56 Å². The molecule has 0 aromatic heterocycles. The van der Waals surface area contributed by atoms with Crippen LogP contribution in [0.15, 0.2) is 59.6 Å². The molecule has 0 aliphatic carbocycles. The van der Waals surface area contributed by atoms with E-state index in [0.29, 0.717) is 19.2 Å². The van der Waals surface area contributed by atoms with Crippen LogP contribution in [0, 0.1) is 0 Å². The molecule has 0 atom stereocenters. The van der Waals surface area contributed by atoms with E-state index in [1.807, 2.05) is 42.5 Å². The summed E-state index contributed by atoms with van der Waals surface area (Å²) < 4.78 is 10.7. The van der Waals surface area contributed by atoms with Crippen LogP contribution in [0.1, 0.15) is 0 Å². The lowest BCUT2D eigenvalue weighted by atomic mass is 10.1. The zero-order valence-corrected chi connectivity index (χ0v) is 9.87. The fourth-order valence-corrected chi connectivity index (χ4v) is 1.82. The lowest BCUT2D eigenvalue weighted by Crippen LogP contribution is -2.07. The Morgan fingerprint density at radius 1 is 0.889 bits per heavy atom. The summed E-state index contributed by atoms with van der Waals surface area (Å²) in [5.74, 6) is 0.746. The molecular weight excluding hydrogens is 226 g/mol. The Hall–Kier alpha value is -2.29. The second-order valence-electron chi connectivity index (χ2n) is 3.99. The maximum absolute atomic E-state index is 5.49. The van der Waals surface area contributed by atoms with Crippen molar-refractivity contribution < 1.29 is 9.47 Å². The maximum atomic E-state index is 5.49. The molecule has 90 valence electrons. The van der Waals surface area contributed by atoms with Crippen LogP contribution in [0.4, 0.5) is 0 Å². The molecule has 18 heavy (non-hydrogen) atoms. The minimum Gasteiger partial charge on any atom is -0.448 e. The van der Waals surface area contributed by atoms with Crippen molar-refractivity contribution in [2.45, 2.75) is 0 Å². The second kappa shape index (κ2) is 4.92. The topological polar surface area (TPSA) is 30.8 Å². The maximum Gasteiger partial charge on any atom is 0.389 e. The van der Waals surface area contributed by atoms with Gasteiger partial charge in [-0.1, -0.05) is 42.5 Å². The van der Waals surface area contributed by atoms with E-state index in [-0.39, 0.29) is 0 Å². The smallest absolute Gasteiger partial charge is 0.389 e. The summed E-state index contributed by atoms with van der Waals surface area (Å²) in [7, 11) is 0. The molecule has 2 aromatic rings. The number of rotatable bonds is 2. The summed E-state index contributed by atoms with van der Waals surface area (Å²) in [6.45, 7) is 1.29. The van der Waals surface area contributed by atoms with Crippen LogP contribution >= 0.6 is 0 Å². The molecular formula is C15H13NO2. The Bertz CT molecular complexity index is 546. The molecule has 1 aliphatic heterocycles. The van der Waals surface area contributed by atoms with Crippen molar-refractivity contribution in [2.75, 3.05) is 13.2 Å². The highest BCUT2D eigenvalue weighted by molar-refractivity contribution is 5.72. The number of nitrogens with zero attached hydrogens (tertiary/aromatic N) is 1. The van der Waals surface area contributed by atoms with Crippen LogP contribution in [0.2, 0.25) is 0 Å². The first kappa shape index (κ1) is 10.8. The van der Waals surface area contributed by atoms with Crippen molar-refractivity contribution in [1.82, 2.24) is 0 Å². The zero-order chi connectivity index (χ0) is 12.2. The van der Waals surface area contributed by atoms with Crippen LogP contribution < -0.4 is 4.74 Å². The number of hydrogen-bond acceptors (Lipinski definition) is 3. The predicted octanol–water partition coefficient (Wildman–Crippen LogP) is 3.12. The van der Waals surface area contributed by atoms with Crippen molar-refractivity contribution in [3.8, 4) is 16.9 Å². The van der Waals surface area contributed by atoms with E-state index in [2.05, 4.69) is 17.1 Å². The fourth-order valence-electron chi connectivity index (χ4n) is 1.82. The molecule has 0 saturated heterocycles. The summed E-state index contributed by atoms with van der Waals surface area (Å²) >= 11 is 0. The molecule has 0 fully saturated rings. The standard InChI is InChI=1S/C15H13NO2/c1-2-4-12(5-3-1)13-6-8-14(9-7-13)18-15-16-10-11-17-15/h1-9H,10-11H2. The minimum absolute atomic E-state index is 0.363. The molecule has 0 bridgehead atoms. The van der Waals surface area contributed by atoms with Crippen LogP contribution in [-0.2, 0) is 4.74 Å². The lowest BCUT2D eigenvalue weighted by molar-refractivity contribution is 0.274. The molecule has 2 aromatic carbocycles. The molecule has 3 nitrogen and oxygen atoms in total. The first-order chi connectivity index (χ1) is 8.92. The van der Waals surface area contributed by atoms with Gasteiger partial charge < -0.3 is 9.47 Å². The SMILES string of the molecule is c1ccc(-c2ccc(OC3=NCCO3)cc2)cc1. The quantitative estimate of drug-likeness (QED) is 0.806. The molecule has 0 saturated carbocycles. The van der Waals surface area contributed by atoms with E-state index in [9.17, 15) is 0 Å². The normalized spacial score (nSPS) is 13.9. The largest absolute Gasteiger partial charge is 0.448 e. The average molecular weight is 239 g/mol. The first-order valence-corrected chi connectivity index (χ1v) is 5.92. The van der Waals surface area contributed by atoms with Gasteiger partial charge in [-0.2, -0.15) is 0 Å². The minimum atomic E-state index is 0.363. The summed E-state index contributed by atoms with van der Waals surface area (Å²) in [6, 6.07) is 18.1. The summed E-state index contributed by atoms with van der Waals surface area (Å²) in [5.41, 5.74) is 2.36. The Morgan fingerprint density at radius 3 is 2.28 bits per heavy atom. The van der Waals surface area contributed by atoms with Crippen molar-refractivity contribution in [2.24, 2.45) is 4.99 Å². The average Bonchev–Trinajstić information content (AvgIpc) is 2.94. The predicted molar refractivity (Wildman–Crippen MR) is 70.8 cm³/mol. The Balaban J connectivity index is 1.77. The highest BCUT2D eigenvalue weighted by Crippen LogP contribution is 2.22. The molecule has 0 spiro atoms. The summed E-state index contributed by atoms with van der Waals surface area (Å²) in [4.78, 5) is 4.08. The Morgan fingerprint density at radius 2 is 1.61 bits per heavy atom. The van der Waals surface area contributed by atoms with Gasteiger partial charge in [-0.15, -0.1) is 0 Å². The van der Waals surface area contributed by atoms with Crippen molar-refractivity contribution >= 4 is 6.08 Å². The van der Waals surface area contributed by atoms with Gasteiger partial charge >= 0.3 is 6.08 Å². The van der Waals surface area contributed by atoms with E-state index in [0.717, 1.165) is 11.3 Å². The van der Waals surface area contributed by atoms with E-state index >= 15 is 0 Å². The van der Waals surface area contributed by atoms with Crippen LogP contribution in [0.5, 0.6) is 5.75 Å². The molecule has 1 heterocycles. The monoisotopic (exact) mass is 239 g/mol. The van der Waals surface area contributed by atoms with Crippen molar-refractivity contribution in [3.63, 3.8) is 0 Å². The third kappa shape index (κ3) is 2.35. The van der Waals surface area contributed by atoms with Gasteiger partial charge in [-0.05, 0) is 23.3 Å². The van der Waals surface area contributed by atoms with Gasteiger partial charge in [0, 0.05) is 0 Å². The molecule has 0 N–H and O–H groups in total. The molecule has 3 heteroatoms. The Kier molecular flexibility index (Phi) is 2.96. The molecule has 0 radical (unpaired) electrons. The van der Waals surface area contributed by atoms with Crippen molar-refractivity contribution in [3.05, 3.63) is 54.6 Å². The molecule has 3 rings (SSSR count). The van der Waals surface area contributed by atoms with Gasteiger partial charge in [0.2, 0.25) is 0 Å². The lowest BCUT2D eigenvalue weighted by Gasteiger charge is -2.06. The van der Waals surface area contributed by atoms with Gasteiger partial charge in [-0.25, -0.2) is 4.99 Å². The highest BCUT2D eigenvalue weighted by atomic mass is 16.7. The first-order valence-electron chi connectivity index (χ1n) is 5.92. The number of ether oxygens (including phenoxy) is 2. The highest BCUT2D eigenvalue weighted by Gasteiger charge is 2.09. The third-order valence-electron chi connectivity index (χ3n) is 2.72. The van der Waals surface area contributed by atoms with Gasteiger partial charge in [0.15, 0.2) is 0 Å². The van der Waals surface area contributed by atoms with Gasteiger partial charge in [0.25, 0.3) is 0 Å². The summed E-state index contributed by atoms with van der Waals surface area (Å²) in [6.07, 6.45) is 0.363. The second-order valence-corrected chi connectivity index (χ2v) is 3.99. The fraction of sp³-hybridized carbons (Fsp3) is 0.133. The van der Waals surface area contributed by atoms with Crippen LogP contribution in [-0.4, -0.2) is 19.2 Å². The Labute approximate surface area is 106 Å². The number of benzene rings is 2. The van der Waals surface area contributed by atoms with Crippen LogP contribution in [0.25, 0.3) is 11.1 Å². The zero-order valence-electron chi connectivity index (χ0n) is 9.87. The van der Waals surface area contributed by atoms with Crippen molar-refractivity contribution in [1.29, 1.82) is 0 Å². The van der Waals surface area contributed by atoms with Crippen LogP contribution in [0.3, 0.4) is 0 Å². The summed E-state index contributed by atoms with van der Waals surface area (Å²) in [5, 5.41) is 0. The van der Waals surface area contributed by atoms with Gasteiger partial charge in [-0.3, -0.25) is 0 Å². The molecule has 0 amide bonds.